The molecule has 102 valence electrons. The topological polar surface area (TPSA) is 58.4 Å². The molecule has 5 nitrogen and oxygen atoms in total. The second kappa shape index (κ2) is 8.26. The van der Waals surface area contributed by atoms with Gasteiger partial charge in [0.2, 0.25) is 0 Å². The predicted octanol–water partition coefficient (Wildman–Crippen LogP) is 2.32. The van der Waals surface area contributed by atoms with E-state index in [-0.39, 0.29) is 18.1 Å². The number of nitro benzene ring substituents is 1. The second-order valence-electron chi connectivity index (χ2n) is 3.87. The normalized spacial score (nSPS) is 10.2. The van der Waals surface area contributed by atoms with Crippen LogP contribution in [0.4, 0.5) is 5.69 Å². The molecular weight excluding hydrogens is 277 g/mol. The number of nitro groups is 1. The summed E-state index contributed by atoms with van der Waals surface area (Å²) >= 11 is 6.00. The molecule has 1 rings (SSSR count). The van der Waals surface area contributed by atoms with Crippen LogP contribution >= 0.6 is 24.0 Å². The molecule has 0 atom stereocenters. The van der Waals surface area contributed by atoms with E-state index in [0.29, 0.717) is 11.6 Å². The molecule has 0 heterocycles. The summed E-state index contributed by atoms with van der Waals surface area (Å²) in [4.78, 5) is 12.2. The molecule has 0 aliphatic heterocycles. The van der Waals surface area contributed by atoms with Gasteiger partial charge in [-0.1, -0.05) is 11.6 Å². The maximum absolute atomic E-state index is 10.6. The van der Waals surface area contributed by atoms with Gasteiger partial charge < -0.3 is 10.2 Å². The number of nitrogens with zero attached hydrogens (tertiary/aromatic N) is 2. The summed E-state index contributed by atoms with van der Waals surface area (Å²) in [6.45, 7) is 2.46. The van der Waals surface area contributed by atoms with Crippen molar-refractivity contribution in [1.29, 1.82) is 0 Å². The van der Waals surface area contributed by atoms with Gasteiger partial charge in [-0.15, -0.1) is 12.4 Å². The van der Waals surface area contributed by atoms with Crippen LogP contribution in [0.2, 0.25) is 5.02 Å². The van der Waals surface area contributed by atoms with Crippen LogP contribution in [0.5, 0.6) is 0 Å². The minimum Gasteiger partial charge on any atom is -0.318 e. The third-order valence-electron chi connectivity index (χ3n) is 2.43. The van der Waals surface area contributed by atoms with Crippen molar-refractivity contribution in [1.82, 2.24) is 10.2 Å². The van der Waals surface area contributed by atoms with Gasteiger partial charge in [-0.05, 0) is 25.7 Å². The van der Waals surface area contributed by atoms with Crippen molar-refractivity contribution in [2.24, 2.45) is 0 Å². The molecule has 7 heteroatoms. The van der Waals surface area contributed by atoms with Crippen LogP contribution in [0.3, 0.4) is 0 Å². The van der Waals surface area contributed by atoms with Gasteiger partial charge in [0.05, 0.1) is 9.95 Å². The molecule has 0 aliphatic carbocycles. The molecule has 0 amide bonds. The van der Waals surface area contributed by atoms with Gasteiger partial charge in [0, 0.05) is 31.8 Å². The highest BCUT2D eigenvalue weighted by molar-refractivity contribution is 6.31. The van der Waals surface area contributed by atoms with Gasteiger partial charge in [-0.25, -0.2) is 0 Å². The summed E-state index contributed by atoms with van der Waals surface area (Å²) < 4.78 is 0. The van der Waals surface area contributed by atoms with E-state index in [9.17, 15) is 10.1 Å². The summed E-state index contributed by atoms with van der Waals surface area (Å²) in [6, 6.07) is 4.58. The highest BCUT2D eigenvalue weighted by atomic mass is 35.5. The number of non-ortho nitro benzene ring substituents is 1. The lowest BCUT2D eigenvalue weighted by atomic mass is 10.2. The van der Waals surface area contributed by atoms with Crippen LogP contribution in [-0.2, 0) is 6.54 Å². The van der Waals surface area contributed by atoms with Crippen LogP contribution in [0, 0.1) is 10.1 Å². The van der Waals surface area contributed by atoms with Crippen molar-refractivity contribution < 1.29 is 4.92 Å². The number of hydrogen-bond donors (Lipinski definition) is 1. The van der Waals surface area contributed by atoms with Gasteiger partial charge >= 0.3 is 0 Å². The second-order valence-corrected chi connectivity index (χ2v) is 4.28. The zero-order chi connectivity index (χ0) is 12.8. The number of hydrogen-bond acceptors (Lipinski definition) is 4. The number of rotatable bonds is 6. The molecule has 1 N–H and O–H groups in total. The Labute approximate surface area is 118 Å². The molecule has 1 aromatic rings. The fourth-order valence-electron chi connectivity index (χ4n) is 1.45. The van der Waals surface area contributed by atoms with E-state index in [0.717, 1.165) is 18.7 Å². The number of benzene rings is 1. The first-order chi connectivity index (χ1) is 8.04. The fourth-order valence-corrected chi connectivity index (χ4v) is 1.69. The average Bonchev–Trinajstić information content (AvgIpc) is 2.28. The van der Waals surface area contributed by atoms with E-state index in [4.69, 9.17) is 11.6 Å². The smallest absolute Gasteiger partial charge is 0.270 e. The standard InChI is InChI=1S/C11H16ClN3O2.ClH/c1-13-5-6-14(2)8-9-3-4-10(15(16)17)7-11(9)12;/h3-4,7,13H,5-6,8H2,1-2H3;1H. The van der Waals surface area contributed by atoms with Gasteiger partial charge in [-0.2, -0.15) is 0 Å². The van der Waals surface area contributed by atoms with Crippen LogP contribution in [0.15, 0.2) is 18.2 Å². The van der Waals surface area contributed by atoms with Crippen molar-refractivity contribution in [2.45, 2.75) is 6.54 Å². The van der Waals surface area contributed by atoms with E-state index in [1.165, 1.54) is 12.1 Å². The van der Waals surface area contributed by atoms with Crippen LogP contribution in [0.25, 0.3) is 0 Å². The maximum Gasteiger partial charge on any atom is 0.270 e. The molecule has 1 aromatic carbocycles. The van der Waals surface area contributed by atoms with Crippen LogP contribution in [0.1, 0.15) is 5.56 Å². The van der Waals surface area contributed by atoms with Gasteiger partial charge in [0.15, 0.2) is 0 Å². The third kappa shape index (κ3) is 5.18. The van der Waals surface area contributed by atoms with E-state index < -0.39 is 4.92 Å². The Hall–Kier alpha value is -0.880. The summed E-state index contributed by atoms with van der Waals surface area (Å²) in [6.07, 6.45) is 0. The largest absolute Gasteiger partial charge is 0.318 e. The highest BCUT2D eigenvalue weighted by Crippen LogP contribution is 2.23. The predicted molar refractivity (Wildman–Crippen MR) is 75.6 cm³/mol. The zero-order valence-electron chi connectivity index (χ0n) is 10.4. The van der Waals surface area contributed by atoms with Crippen molar-refractivity contribution in [2.75, 3.05) is 27.2 Å². The monoisotopic (exact) mass is 293 g/mol. The van der Waals surface area contributed by atoms with Gasteiger partial charge in [0.25, 0.3) is 5.69 Å². The Balaban J connectivity index is 0.00000289. The minimum atomic E-state index is -0.444. The Morgan fingerprint density at radius 3 is 2.67 bits per heavy atom. The van der Waals surface area contributed by atoms with Crippen LogP contribution in [-0.4, -0.2) is 37.0 Å². The summed E-state index contributed by atoms with van der Waals surface area (Å²) in [5, 5.41) is 14.1. The van der Waals surface area contributed by atoms with Gasteiger partial charge in [0.1, 0.15) is 0 Å². The summed E-state index contributed by atoms with van der Waals surface area (Å²) in [7, 11) is 3.88. The van der Waals surface area contributed by atoms with E-state index in [2.05, 4.69) is 10.2 Å². The van der Waals surface area contributed by atoms with E-state index in [1.807, 2.05) is 14.1 Å². The van der Waals surface area contributed by atoms with Crippen molar-refractivity contribution in [3.05, 3.63) is 38.9 Å². The van der Waals surface area contributed by atoms with E-state index in [1.54, 1.807) is 6.07 Å². The molecule has 0 unspecified atom stereocenters. The molecular formula is C11H17Cl2N3O2. The lowest BCUT2D eigenvalue weighted by molar-refractivity contribution is -0.384. The van der Waals surface area contributed by atoms with Gasteiger partial charge in [-0.3, -0.25) is 10.1 Å². The Morgan fingerprint density at radius 1 is 1.50 bits per heavy atom. The molecule has 18 heavy (non-hydrogen) atoms. The highest BCUT2D eigenvalue weighted by Gasteiger charge is 2.10. The minimum absolute atomic E-state index is 0. The van der Waals surface area contributed by atoms with Crippen molar-refractivity contribution in [3.63, 3.8) is 0 Å². The fraction of sp³-hybridized carbons (Fsp3) is 0.455. The number of nitrogens with one attached hydrogen (secondary N) is 1. The zero-order valence-corrected chi connectivity index (χ0v) is 11.9. The molecule has 0 saturated heterocycles. The first kappa shape index (κ1) is 17.1. The quantitative estimate of drug-likeness (QED) is 0.646. The molecule has 0 saturated carbocycles. The Bertz CT molecular complexity index is 402. The first-order valence-corrected chi connectivity index (χ1v) is 5.68. The Kier molecular flexibility index (Phi) is 7.86. The average molecular weight is 294 g/mol. The molecule has 0 aromatic heterocycles. The number of halogens is 2. The van der Waals surface area contributed by atoms with E-state index >= 15 is 0 Å². The first-order valence-electron chi connectivity index (χ1n) is 5.30. The summed E-state index contributed by atoms with van der Waals surface area (Å²) in [5.74, 6) is 0. The lowest BCUT2D eigenvalue weighted by Crippen LogP contribution is -2.27. The molecule has 0 aliphatic rings. The SMILES string of the molecule is CNCCN(C)Cc1ccc([N+](=O)[O-])cc1Cl.Cl. The lowest BCUT2D eigenvalue weighted by Gasteiger charge is -2.16. The summed E-state index contributed by atoms with van der Waals surface area (Å²) in [5.41, 5.74) is 0.924. The molecule has 0 spiro atoms. The third-order valence-corrected chi connectivity index (χ3v) is 2.78. The van der Waals surface area contributed by atoms with Crippen molar-refractivity contribution in [3.8, 4) is 0 Å². The number of likely N-dealkylation sites (N-methyl/N-ethyl adjacent to an activating group) is 2. The molecule has 0 fully saturated rings. The maximum atomic E-state index is 10.6. The van der Waals surface area contributed by atoms with Crippen LogP contribution < -0.4 is 5.32 Å². The van der Waals surface area contributed by atoms with Crippen molar-refractivity contribution >= 4 is 29.7 Å². The molecule has 0 radical (unpaired) electrons. The molecule has 0 bridgehead atoms. The Morgan fingerprint density at radius 2 is 2.17 bits per heavy atom.